The quantitative estimate of drug-likeness (QED) is 0.0844. The molecule has 212 valence electrons. The predicted molar refractivity (Wildman–Crippen MR) is 164 cm³/mol. The number of unbranched alkanes of at least 4 members (excludes halogenated alkanes) is 26. The Morgan fingerprint density at radius 3 is 0.657 bits per heavy atom. The maximum absolute atomic E-state index is 2.42. The zero-order valence-electron chi connectivity index (χ0n) is 25.5. The van der Waals surface area contributed by atoms with Crippen LogP contribution >= 0.6 is 0 Å². The molecule has 0 rings (SSSR count). The minimum absolute atomic E-state index is 1.02. The van der Waals surface area contributed by atoms with Crippen LogP contribution in [0.2, 0.25) is 0 Å². The molecule has 1 unspecified atom stereocenters. The molecule has 0 bridgehead atoms. The van der Waals surface area contributed by atoms with Crippen LogP contribution in [0, 0.1) is 5.92 Å². The van der Waals surface area contributed by atoms with Crippen molar-refractivity contribution in [3.8, 4) is 0 Å². The molecule has 0 aromatic carbocycles. The predicted octanol–water partition coefficient (Wildman–Crippen LogP) is 13.8. The highest BCUT2D eigenvalue weighted by molar-refractivity contribution is 4.59. The molecule has 1 atom stereocenters. The molecule has 0 aromatic rings. The molecule has 0 saturated carbocycles. The fourth-order valence-electron chi connectivity index (χ4n) is 5.81. The van der Waals surface area contributed by atoms with E-state index < -0.39 is 0 Å². The third-order valence-corrected chi connectivity index (χ3v) is 8.51. The van der Waals surface area contributed by atoms with Crippen LogP contribution in [-0.2, 0) is 0 Å². The largest absolute Gasteiger partial charge is 0.0654 e. The Hall–Kier alpha value is 0. The normalized spacial score (nSPS) is 12.4. The van der Waals surface area contributed by atoms with E-state index in [0.717, 1.165) is 5.92 Å². The Morgan fingerprint density at radius 1 is 0.257 bits per heavy atom. The highest BCUT2D eigenvalue weighted by Crippen LogP contribution is 2.22. The first-order valence-corrected chi connectivity index (χ1v) is 17.3. The van der Waals surface area contributed by atoms with Gasteiger partial charge in [0.15, 0.2) is 0 Å². The topological polar surface area (TPSA) is 0 Å². The van der Waals surface area contributed by atoms with E-state index in [4.69, 9.17) is 0 Å². The number of hydrogen-bond acceptors (Lipinski definition) is 0. The van der Waals surface area contributed by atoms with E-state index in [-0.39, 0.29) is 0 Å². The van der Waals surface area contributed by atoms with Gasteiger partial charge in [0.2, 0.25) is 0 Å². The van der Waals surface area contributed by atoms with Crippen LogP contribution < -0.4 is 0 Å². The van der Waals surface area contributed by atoms with Gasteiger partial charge in [0.1, 0.15) is 0 Å². The molecule has 0 saturated heterocycles. The van der Waals surface area contributed by atoms with Crippen LogP contribution in [0.1, 0.15) is 220 Å². The third-order valence-electron chi connectivity index (χ3n) is 8.51. The monoisotopic (exact) mass is 493 g/mol. The molecule has 0 heteroatoms. The molecule has 0 fully saturated rings. The van der Waals surface area contributed by atoms with Gasteiger partial charge in [-0.1, -0.05) is 220 Å². The first-order valence-electron chi connectivity index (χ1n) is 17.3. The Labute approximate surface area is 225 Å². The second kappa shape index (κ2) is 32.0. The average Bonchev–Trinajstić information content (AvgIpc) is 2.87. The van der Waals surface area contributed by atoms with E-state index in [0.29, 0.717) is 0 Å². The van der Waals surface area contributed by atoms with Crippen molar-refractivity contribution in [3.05, 3.63) is 0 Å². The Bertz CT molecular complexity index is 346. The van der Waals surface area contributed by atoms with E-state index in [9.17, 15) is 0 Å². The van der Waals surface area contributed by atoms with Crippen LogP contribution in [0.3, 0.4) is 0 Å². The summed E-state index contributed by atoms with van der Waals surface area (Å²) in [5, 5.41) is 0. The van der Waals surface area contributed by atoms with Gasteiger partial charge >= 0.3 is 0 Å². The number of hydrogen-bond donors (Lipinski definition) is 0. The lowest BCUT2D eigenvalue weighted by atomic mass is 9.92. The van der Waals surface area contributed by atoms with Crippen LogP contribution in [0.4, 0.5) is 0 Å². The fourth-order valence-corrected chi connectivity index (χ4v) is 5.81. The molecular formula is C35H72. The van der Waals surface area contributed by atoms with Gasteiger partial charge in [0, 0.05) is 0 Å². The zero-order chi connectivity index (χ0) is 25.5. The van der Waals surface area contributed by atoms with Gasteiger partial charge < -0.3 is 0 Å². The van der Waals surface area contributed by atoms with E-state index in [1.165, 1.54) is 199 Å². The van der Waals surface area contributed by atoms with Crippen molar-refractivity contribution in [2.75, 3.05) is 0 Å². The third kappa shape index (κ3) is 30.1. The first kappa shape index (κ1) is 35.0. The summed E-state index contributed by atoms with van der Waals surface area (Å²) < 4.78 is 0. The Kier molecular flexibility index (Phi) is 32.0. The van der Waals surface area contributed by atoms with Crippen LogP contribution in [0.25, 0.3) is 0 Å². The summed E-state index contributed by atoms with van der Waals surface area (Å²) in [6, 6.07) is 0. The summed E-state index contributed by atoms with van der Waals surface area (Å²) in [7, 11) is 0. The number of rotatable bonds is 31. The summed E-state index contributed by atoms with van der Waals surface area (Å²) in [5.41, 5.74) is 0. The van der Waals surface area contributed by atoms with Crippen molar-refractivity contribution in [2.45, 2.75) is 220 Å². The lowest BCUT2D eigenvalue weighted by Gasteiger charge is -2.14. The van der Waals surface area contributed by atoms with E-state index in [1.807, 2.05) is 0 Å². The molecular weight excluding hydrogens is 420 g/mol. The maximum Gasteiger partial charge on any atom is -0.0417 e. The van der Waals surface area contributed by atoms with Crippen LogP contribution in [0.5, 0.6) is 0 Å². The highest BCUT2D eigenvalue weighted by Gasteiger charge is 2.06. The van der Waals surface area contributed by atoms with E-state index in [1.54, 1.807) is 0 Å². The van der Waals surface area contributed by atoms with E-state index >= 15 is 0 Å². The van der Waals surface area contributed by atoms with Gasteiger partial charge in [-0.2, -0.15) is 0 Å². The van der Waals surface area contributed by atoms with Crippen molar-refractivity contribution in [3.63, 3.8) is 0 Å². The molecule has 0 N–H and O–H groups in total. The molecule has 0 nitrogen and oxygen atoms in total. The van der Waals surface area contributed by atoms with Gasteiger partial charge in [-0.3, -0.25) is 0 Å². The SMILES string of the molecule is CCCCCCCCCCCCCCCCCCCCCC(CC)CCCCCCCCCCC. The summed E-state index contributed by atoms with van der Waals surface area (Å²) >= 11 is 0. The van der Waals surface area contributed by atoms with Crippen molar-refractivity contribution in [1.29, 1.82) is 0 Å². The lowest BCUT2D eigenvalue weighted by Crippen LogP contribution is -1.99. The molecule has 0 aromatic heterocycles. The molecule has 0 heterocycles. The van der Waals surface area contributed by atoms with Crippen molar-refractivity contribution >= 4 is 0 Å². The van der Waals surface area contributed by atoms with Gasteiger partial charge in [-0.15, -0.1) is 0 Å². The summed E-state index contributed by atoms with van der Waals surface area (Å²) in [4.78, 5) is 0. The average molecular weight is 493 g/mol. The second-order valence-corrected chi connectivity index (χ2v) is 12.0. The van der Waals surface area contributed by atoms with E-state index in [2.05, 4.69) is 20.8 Å². The second-order valence-electron chi connectivity index (χ2n) is 12.0. The van der Waals surface area contributed by atoms with Crippen molar-refractivity contribution in [1.82, 2.24) is 0 Å². The fraction of sp³-hybridized carbons (Fsp3) is 1.00. The van der Waals surface area contributed by atoms with Crippen molar-refractivity contribution < 1.29 is 0 Å². The standard InChI is InChI=1S/C35H72/c1-4-7-9-11-13-15-16-17-18-19-20-21-22-23-24-26-28-30-32-34-35(6-3)33-31-29-27-25-14-12-10-8-5-2/h35H,4-34H2,1-3H3. The van der Waals surface area contributed by atoms with Crippen LogP contribution in [0.15, 0.2) is 0 Å². The Morgan fingerprint density at radius 2 is 0.457 bits per heavy atom. The summed E-state index contributed by atoms with van der Waals surface area (Å²) in [6.07, 6.45) is 45.8. The first-order chi connectivity index (χ1) is 17.3. The maximum atomic E-state index is 2.42. The lowest BCUT2D eigenvalue weighted by molar-refractivity contribution is 0.392. The Balaban J connectivity index is 3.22. The summed E-state index contributed by atoms with van der Waals surface area (Å²) in [5.74, 6) is 1.02. The van der Waals surface area contributed by atoms with Crippen LogP contribution in [-0.4, -0.2) is 0 Å². The molecule has 35 heavy (non-hydrogen) atoms. The molecule has 0 amide bonds. The van der Waals surface area contributed by atoms with Crippen molar-refractivity contribution in [2.24, 2.45) is 5.92 Å². The molecule has 0 aliphatic heterocycles. The zero-order valence-corrected chi connectivity index (χ0v) is 25.5. The van der Waals surface area contributed by atoms with Gasteiger partial charge in [0.25, 0.3) is 0 Å². The minimum atomic E-state index is 1.02. The van der Waals surface area contributed by atoms with Gasteiger partial charge in [-0.25, -0.2) is 0 Å². The minimum Gasteiger partial charge on any atom is -0.0654 e. The highest BCUT2D eigenvalue weighted by atomic mass is 14.1. The molecule has 0 spiro atoms. The smallest absolute Gasteiger partial charge is 0.0417 e. The molecule has 0 aliphatic rings. The summed E-state index contributed by atoms with van der Waals surface area (Å²) in [6.45, 7) is 7.04. The molecule has 0 aliphatic carbocycles. The van der Waals surface area contributed by atoms with Gasteiger partial charge in [0.05, 0.1) is 0 Å². The molecule has 0 radical (unpaired) electrons. The van der Waals surface area contributed by atoms with Gasteiger partial charge in [-0.05, 0) is 5.92 Å².